The monoisotopic (exact) mass is 167 g/mol. The van der Waals surface area contributed by atoms with E-state index in [4.69, 9.17) is 6.42 Å². The molecule has 0 aromatic carbocycles. The van der Waals surface area contributed by atoms with Gasteiger partial charge in [-0.15, -0.1) is 12.3 Å². The van der Waals surface area contributed by atoms with Crippen LogP contribution in [0.4, 0.5) is 0 Å². The first-order valence-corrected chi connectivity index (χ1v) is 4.58. The van der Waals surface area contributed by atoms with E-state index in [-0.39, 0.29) is 0 Å². The van der Waals surface area contributed by atoms with Crippen LogP contribution in [0.3, 0.4) is 0 Å². The molecule has 0 atom stereocenters. The number of nitrogens with zero attached hydrogens (tertiary/aromatic N) is 1. The summed E-state index contributed by atoms with van der Waals surface area (Å²) in [5, 5.41) is 9.92. The van der Waals surface area contributed by atoms with Crippen LogP contribution in [-0.2, 0) is 0 Å². The summed E-state index contributed by atoms with van der Waals surface area (Å²) in [7, 11) is 0. The SMILES string of the molecule is C#CCC1(O)CCN(CC)CC1. The van der Waals surface area contributed by atoms with Gasteiger partial charge < -0.3 is 10.0 Å². The minimum atomic E-state index is -0.569. The van der Waals surface area contributed by atoms with Gasteiger partial charge in [0.2, 0.25) is 0 Å². The zero-order valence-electron chi connectivity index (χ0n) is 7.71. The maximum atomic E-state index is 9.92. The first-order chi connectivity index (χ1) is 5.70. The lowest BCUT2D eigenvalue weighted by Gasteiger charge is -2.36. The van der Waals surface area contributed by atoms with Gasteiger partial charge in [-0.2, -0.15) is 0 Å². The summed E-state index contributed by atoms with van der Waals surface area (Å²) in [5.74, 6) is 2.54. The molecule has 2 heteroatoms. The molecule has 1 fully saturated rings. The van der Waals surface area contributed by atoms with Crippen LogP contribution in [0, 0.1) is 12.3 Å². The minimum Gasteiger partial charge on any atom is -0.389 e. The largest absolute Gasteiger partial charge is 0.389 e. The van der Waals surface area contributed by atoms with Gasteiger partial charge in [0.25, 0.3) is 0 Å². The van der Waals surface area contributed by atoms with Crippen molar-refractivity contribution in [3.05, 3.63) is 0 Å². The van der Waals surface area contributed by atoms with E-state index >= 15 is 0 Å². The number of hydrogen-bond acceptors (Lipinski definition) is 2. The van der Waals surface area contributed by atoms with E-state index in [9.17, 15) is 5.11 Å². The Morgan fingerprint density at radius 3 is 2.50 bits per heavy atom. The van der Waals surface area contributed by atoms with Crippen LogP contribution in [0.25, 0.3) is 0 Å². The van der Waals surface area contributed by atoms with E-state index in [1.807, 2.05) is 0 Å². The lowest BCUT2D eigenvalue weighted by molar-refractivity contribution is -0.0155. The highest BCUT2D eigenvalue weighted by atomic mass is 16.3. The molecule has 68 valence electrons. The molecule has 0 radical (unpaired) electrons. The Kier molecular flexibility index (Phi) is 3.13. The Labute approximate surface area is 74.6 Å². The Morgan fingerprint density at radius 2 is 2.08 bits per heavy atom. The third-order valence-electron chi connectivity index (χ3n) is 2.67. The quantitative estimate of drug-likeness (QED) is 0.616. The number of rotatable bonds is 2. The molecule has 0 amide bonds. The summed E-state index contributed by atoms with van der Waals surface area (Å²) in [6.07, 6.45) is 7.34. The molecule has 0 bridgehead atoms. The summed E-state index contributed by atoms with van der Waals surface area (Å²) >= 11 is 0. The molecule has 1 aliphatic heterocycles. The molecule has 12 heavy (non-hydrogen) atoms. The molecule has 0 spiro atoms. The molecule has 1 N–H and O–H groups in total. The van der Waals surface area contributed by atoms with Gasteiger partial charge in [-0.3, -0.25) is 0 Å². The van der Waals surface area contributed by atoms with Crippen molar-refractivity contribution in [2.24, 2.45) is 0 Å². The van der Waals surface area contributed by atoms with E-state index in [0.717, 1.165) is 32.5 Å². The second-order valence-electron chi connectivity index (χ2n) is 3.54. The molecule has 1 rings (SSSR count). The van der Waals surface area contributed by atoms with Crippen molar-refractivity contribution in [2.75, 3.05) is 19.6 Å². The van der Waals surface area contributed by atoms with Crippen molar-refractivity contribution in [3.63, 3.8) is 0 Å². The van der Waals surface area contributed by atoms with Crippen LogP contribution in [0.1, 0.15) is 26.2 Å². The minimum absolute atomic E-state index is 0.505. The van der Waals surface area contributed by atoms with Crippen molar-refractivity contribution in [1.29, 1.82) is 0 Å². The Balaban J connectivity index is 2.39. The highest BCUT2D eigenvalue weighted by molar-refractivity contribution is 4.97. The van der Waals surface area contributed by atoms with E-state index < -0.39 is 5.60 Å². The molecule has 2 nitrogen and oxygen atoms in total. The van der Waals surface area contributed by atoms with Gasteiger partial charge in [0.1, 0.15) is 0 Å². The predicted molar refractivity (Wildman–Crippen MR) is 49.7 cm³/mol. The number of likely N-dealkylation sites (tertiary alicyclic amines) is 1. The molecule has 0 aromatic rings. The van der Waals surface area contributed by atoms with Crippen molar-refractivity contribution < 1.29 is 5.11 Å². The van der Waals surface area contributed by atoms with Crippen LogP contribution in [0.15, 0.2) is 0 Å². The number of hydrogen-bond donors (Lipinski definition) is 1. The van der Waals surface area contributed by atoms with Crippen molar-refractivity contribution in [3.8, 4) is 12.3 Å². The van der Waals surface area contributed by atoms with E-state index in [2.05, 4.69) is 17.7 Å². The van der Waals surface area contributed by atoms with Gasteiger partial charge >= 0.3 is 0 Å². The van der Waals surface area contributed by atoms with E-state index in [0.29, 0.717) is 6.42 Å². The number of terminal acetylenes is 1. The number of piperidine rings is 1. The Bertz CT molecular complexity index is 175. The third-order valence-corrected chi connectivity index (χ3v) is 2.67. The molecule has 1 aliphatic rings. The Morgan fingerprint density at radius 1 is 1.50 bits per heavy atom. The van der Waals surface area contributed by atoms with Gasteiger partial charge in [0.05, 0.1) is 5.60 Å². The molecule has 1 heterocycles. The van der Waals surface area contributed by atoms with E-state index in [1.54, 1.807) is 0 Å². The molecule has 0 aromatic heterocycles. The smallest absolute Gasteiger partial charge is 0.0780 e. The van der Waals surface area contributed by atoms with Gasteiger partial charge in [0, 0.05) is 19.5 Å². The fourth-order valence-electron chi connectivity index (χ4n) is 1.65. The van der Waals surface area contributed by atoms with Gasteiger partial charge in [-0.25, -0.2) is 0 Å². The maximum absolute atomic E-state index is 9.92. The summed E-state index contributed by atoms with van der Waals surface area (Å²) in [6, 6.07) is 0. The molecule has 0 unspecified atom stereocenters. The van der Waals surface area contributed by atoms with Crippen molar-refractivity contribution in [2.45, 2.75) is 31.8 Å². The standard InChI is InChI=1S/C10H17NO/c1-3-5-10(12)6-8-11(4-2)9-7-10/h1,12H,4-9H2,2H3. The lowest BCUT2D eigenvalue weighted by Crippen LogP contribution is -2.43. The topological polar surface area (TPSA) is 23.5 Å². The van der Waals surface area contributed by atoms with E-state index in [1.165, 1.54) is 0 Å². The molecular formula is C10H17NO. The van der Waals surface area contributed by atoms with Crippen molar-refractivity contribution >= 4 is 0 Å². The fraction of sp³-hybridized carbons (Fsp3) is 0.800. The number of aliphatic hydroxyl groups is 1. The predicted octanol–water partition coefficient (Wildman–Crippen LogP) is 0.857. The summed E-state index contributed by atoms with van der Waals surface area (Å²) in [5.41, 5.74) is -0.569. The second-order valence-corrected chi connectivity index (χ2v) is 3.54. The lowest BCUT2D eigenvalue weighted by atomic mass is 9.89. The summed E-state index contributed by atoms with van der Waals surface area (Å²) < 4.78 is 0. The molecule has 0 saturated carbocycles. The fourth-order valence-corrected chi connectivity index (χ4v) is 1.65. The maximum Gasteiger partial charge on any atom is 0.0780 e. The van der Waals surface area contributed by atoms with Gasteiger partial charge in [-0.05, 0) is 19.4 Å². The third kappa shape index (κ3) is 2.23. The second kappa shape index (κ2) is 3.93. The van der Waals surface area contributed by atoms with Crippen LogP contribution >= 0.6 is 0 Å². The van der Waals surface area contributed by atoms with Crippen LogP contribution in [0.2, 0.25) is 0 Å². The zero-order valence-corrected chi connectivity index (χ0v) is 7.71. The summed E-state index contributed by atoms with van der Waals surface area (Å²) in [4.78, 5) is 2.34. The van der Waals surface area contributed by atoms with Crippen LogP contribution in [-0.4, -0.2) is 35.2 Å². The van der Waals surface area contributed by atoms with Gasteiger partial charge in [0.15, 0.2) is 0 Å². The normalized spacial score (nSPS) is 23.4. The average Bonchev–Trinajstić information content (AvgIpc) is 2.06. The van der Waals surface area contributed by atoms with Crippen molar-refractivity contribution in [1.82, 2.24) is 4.90 Å². The molecular weight excluding hydrogens is 150 g/mol. The zero-order chi connectivity index (χ0) is 9.03. The van der Waals surface area contributed by atoms with Gasteiger partial charge in [-0.1, -0.05) is 6.92 Å². The molecule has 0 aliphatic carbocycles. The molecule has 1 saturated heterocycles. The first-order valence-electron chi connectivity index (χ1n) is 4.58. The van der Waals surface area contributed by atoms with Crippen LogP contribution in [0.5, 0.6) is 0 Å². The Hall–Kier alpha value is -0.520. The summed E-state index contributed by atoms with van der Waals surface area (Å²) in [6.45, 7) is 5.18. The first kappa shape index (κ1) is 9.57. The van der Waals surface area contributed by atoms with Crippen LogP contribution < -0.4 is 0 Å². The average molecular weight is 167 g/mol. The highest BCUT2D eigenvalue weighted by Crippen LogP contribution is 2.24. The highest BCUT2D eigenvalue weighted by Gasteiger charge is 2.30.